The standard InChI is InChI=1S/C15H12Cl2FNO2/c1-21-15(20)12-5-4-11(18)7-14(12)19-8-9-2-3-10(16)6-13(9)17/h2-7,19H,8H2,1H3. The fraction of sp³-hybridized carbons (Fsp3) is 0.133. The molecule has 0 aliphatic rings. The van der Waals surface area contributed by atoms with Gasteiger partial charge in [-0.3, -0.25) is 0 Å². The minimum Gasteiger partial charge on any atom is -0.465 e. The van der Waals surface area contributed by atoms with E-state index in [4.69, 9.17) is 23.2 Å². The lowest BCUT2D eigenvalue weighted by Crippen LogP contribution is -2.09. The van der Waals surface area contributed by atoms with Crippen LogP contribution < -0.4 is 5.32 Å². The zero-order valence-electron chi connectivity index (χ0n) is 11.1. The van der Waals surface area contributed by atoms with Crippen molar-refractivity contribution in [2.45, 2.75) is 6.54 Å². The Bertz CT molecular complexity index is 677. The molecule has 0 bridgehead atoms. The molecule has 2 aromatic rings. The molecule has 1 N–H and O–H groups in total. The summed E-state index contributed by atoms with van der Waals surface area (Å²) in [5.74, 6) is -0.993. The van der Waals surface area contributed by atoms with Gasteiger partial charge in [0.25, 0.3) is 0 Å². The summed E-state index contributed by atoms with van der Waals surface area (Å²) in [7, 11) is 1.27. The third-order valence-corrected chi connectivity index (χ3v) is 3.46. The first-order valence-corrected chi connectivity index (χ1v) is 6.82. The van der Waals surface area contributed by atoms with Crippen molar-refractivity contribution >= 4 is 34.9 Å². The second-order valence-corrected chi connectivity index (χ2v) is 5.11. The van der Waals surface area contributed by atoms with E-state index in [-0.39, 0.29) is 5.56 Å². The molecule has 0 spiro atoms. The van der Waals surface area contributed by atoms with Gasteiger partial charge in [-0.15, -0.1) is 0 Å². The minimum atomic E-state index is -0.542. The molecule has 0 aliphatic carbocycles. The number of hydrogen-bond acceptors (Lipinski definition) is 3. The van der Waals surface area contributed by atoms with Crippen LogP contribution in [-0.2, 0) is 11.3 Å². The highest BCUT2D eigenvalue weighted by Gasteiger charge is 2.13. The quantitative estimate of drug-likeness (QED) is 0.838. The van der Waals surface area contributed by atoms with Crippen LogP contribution in [0.25, 0.3) is 0 Å². The van der Waals surface area contributed by atoms with E-state index in [1.807, 2.05) is 0 Å². The number of nitrogens with one attached hydrogen (secondary N) is 1. The number of halogens is 3. The van der Waals surface area contributed by atoms with Gasteiger partial charge in [0.1, 0.15) is 5.82 Å². The molecule has 21 heavy (non-hydrogen) atoms. The van der Waals surface area contributed by atoms with Gasteiger partial charge in [-0.2, -0.15) is 0 Å². The molecule has 0 amide bonds. The molecule has 0 radical (unpaired) electrons. The van der Waals surface area contributed by atoms with Gasteiger partial charge in [0.15, 0.2) is 0 Å². The summed E-state index contributed by atoms with van der Waals surface area (Å²) >= 11 is 11.9. The number of ether oxygens (including phenoxy) is 1. The van der Waals surface area contributed by atoms with Gasteiger partial charge in [-0.1, -0.05) is 29.3 Å². The maximum atomic E-state index is 13.3. The molecule has 110 valence electrons. The zero-order chi connectivity index (χ0) is 15.4. The van der Waals surface area contributed by atoms with Crippen molar-refractivity contribution in [2.24, 2.45) is 0 Å². The maximum Gasteiger partial charge on any atom is 0.339 e. The normalized spacial score (nSPS) is 10.3. The lowest BCUT2D eigenvalue weighted by atomic mass is 10.1. The molecular weight excluding hydrogens is 316 g/mol. The van der Waals surface area contributed by atoms with Crippen molar-refractivity contribution in [3.8, 4) is 0 Å². The Morgan fingerprint density at radius 1 is 1.24 bits per heavy atom. The summed E-state index contributed by atoms with van der Waals surface area (Å²) in [4.78, 5) is 11.6. The van der Waals surface area contributed by atoms with Crippen LogP contribution in [-0.4, -0.2) is 13.1 Å². The first kappa shape index (κ1) is 15.6. The smallest absolute Gasteiger partial charge is 0.339 e. The van der Waals surface area contributed by atoms with E-state index in [2.05, 4.69) is 10.1 Å². The fourth-order valence-corrected chi connectivity index (χ4v) is 2.28. The van der Waals surface area contributed by atoms with E-state index in [0.29, 0.717) is 22.3 Å². The average Bonchev–Trinajstić information content (AvgIpc) is 2.45. The first-order valence-electron chi connectivity index (χ1n) is 6.07. The highest BCUT2D eigenvalue weighted by Crippen LogP contribution is 2.24. The van der Waals surface area contributed by atoms with Crippen LogP contribution >= 0.6 is 23.2 Å². The average molecular weight is 328 g/mol. The lowest BCUT2D eigenvalue weighted by molar-refractivity contribution is 0.0602. The van der Waals surface area contributed by atoms with Crippen molar-refractivity contribution in [1.82, 2.24) is 0 Å². The second kappa shape index (κ2) is 6.78. The highest BCUT2D eigenvalue weighted by atomic mass is 35.5. The topological polar surface area (TPSA) is 38.3 Å². The molecule has 0 aromatic heterocycles. The number of esters is 1. The van der Waals surface area contributed by atoms with E-state index in [9.17, 15) is 9.18 Å². The molecule has 6 heteroatoms. The largest absolute Gasteiger partial charge is 0.465 e. The van der Waals surface area contributed by atoms with Gasteiger partial charge in [0.2, 0.25) is 0 Å². The summed E-state index contributed by atoms with van der Waals surface area (Å²) in [6.45, 7) is 0.323. The summed E-state index contributed by atoms with van der Waals surface area (Å²) in [6.07, 6.45) is 0. The molecule has 0 heterocycles. The second-order valence-electron chi connectivity index (χ2n) is 4.27. The Labute approximate surface area is 131 Å². The lowest BCUT2D eigenvalue weighted by Gasteiger charge is -2.12. The molecule has 2 aromatic carbocycles. The number of carbonyl (C=O) groups is 1. The van der Waals surface area contributed by atoms with Gasteiger partial charge in [0.05, 0.1) is 18.4 Å². The number of methoxy groups -OCH3 is 1. The Hall–Kier alpha value is -1.78. The van der Waals surface area contributed by atoms with Gasteiger partial charge < -0.3 is 10.1 Å². The Morgan fingerprint density at radius 3 is 2.67 bits per heavy atom. The van der Waals surface area contributed by atoms with Crippen molar-refractivity contribution in [1.29, 1.82) is 0 Å². The Balaban J connectivity index is 2.23. The van der Waals surface area contributed by atoms with Crippen LogP contribution in [0.15, 0.2) is 36.4 Å². The number of hydrogen-bond donors (Lipinski definition) is 1. The molecular formula is C15H12Cl2FNO2. The van der Waals surface area contributed by atoms with E-state index >= 15 is 0 Å². The Kier molecular flexibility index (Phi) is 5.04. The number of anilines is 1. The molecule has 3 nitrogen and oxygen atoms in total. The van der Waals surface area contributed by atoms with E-state index in [1.165, 1.54) is 25.3 Å². The minimum absolute atomic E-state index is 0.254. The first-order chi connectivity index (χ1) is 10.0. The van der Waals surface area contributed by atoms with Crippen LogP contribution in [0.4, 0.5) is 10.1 Å². The zero-order valence-corrected chi connectivity index (χ0v) is 12.6. The summed E-state index contributed by atoms with van der Waals surface area (Å²) < 4.78 is 18.0. The summed E-state index contributed by atoms with van der Waals surface area (Å²) in [6, 6.07) is 8.88. The molecule has 0 unspecified atom stereocenters. The van der Waals surface area contributed by atoms with Crippen molar-refractivity contribution < 1.29 is 13.9 Å². The molecule has 0 aliphatic heterocycles. The van der Waals surface area contributed by atoms with Crippen LogP contribution in [0.1, 0.15) is 15.9 Å². The van der Waals surface area contributed by atoms with Gasteiger partial charge in [-0.25, -0.2) is 9.18 Å². The summed E-state index contributed by atoms with van der Waals surface area (Å²) in [5.41, 5.74) is 1.37. The van der Waals surface area contributed by atoms with Crippen LogP contribution in [0.2, 0.25) is 10.0 Å². The molecule has 0 saturated carbocycles. The maximum absolute atomic E-state index is 13.3. The highest BCUT2D eigenvalue weighted by molar-refractivity contribution is 6.35. The van der Waals surface area contributed by atoms with Gasteiger partial charge in [-0.05, 0) is 35.9 Å². The van der Waals surface area contributed by atoms with Crippen LogP contribution in [0.3, 0.4) is 0 Å². The molecule has 0 fully saturated rings. The van der Waals surface area contributed by atoms with Crippen molar-refractivity contribution in [3.63, 3.8) is 0 Å². The fourth-order valence-electron chi connectivity index (χ4n) is 1.81. The SMILES string of the molecule is COC(=O)c1ccc(F)cc1NCc1ccc(Cl)cc1Cl. The number of carbonyl (C=O) groups excluding carboxylic acids is 1. The van der Waals surface area contributed by atoms with Crippen molar-refractivity contribution in [3.05, 3.63) is 63.4 Å². The van der Waals surface area contributed by atoms with E-state index in [0.717, 1.165) is 5.56 Å². The van der Waals surface area contributed by atoms with E-state index in [1.54, 1.807) is 18.2 Å². The summed E-state index contributed by atoms with van der Waals surface area (Å²) in [5, 5.41) is 4.00. The van der Waals surface area contributed by atoms with Crippen LogP contribution in [0.5, 0.6) is 0 Å². The Morgan fingerprint density at radius 2 is 2.00 bits per heavy atom. The van der Waals surface area contributed by atoms with Crippen LogP contribution in [0, 0.1) is 5.82 Å². The monoisotopic (exact) mass is 327 g/mol. The predicted octanol–water partition coefficient (Wildman–Crippen LogP) is 4.53. The third kappa shape index (κ3) is 3.86. The number of rotatable bonds is 4. The van der Waals surface area contributed by atoms with E-state index < -0.39 is 11.8 Å². The third-order valence-electron chi connectivity index (χ3n) is 2.87. The molecule has 0 saturated heterocycles. The molecule has 2 rings (SSSR count). The molecule has 0 atom stereocenters. The van der Waals surface area contributed by atoms with Crippen molar-refractivity contribution in [2.75, 3.05) is 12.4 Å². The number of benzene rings is 2. The van der Waals surface area contributed by atoms with Gasteiger partial charge >= 0.3 is 5.97 Å². The predicted molar refractivity (Wildman–Crippen MR) is 81.5 cm³/mol. The van der Waals surface area contributed by atoms with Gasteiger partial charge in [0, 0.05) is 16.6 Å².